The number of carbonyl (C=O) groups excluding carboxylic acids is 1. The Morgan fingerprint density at radius 1 is 0.741 bits per heavy atom. The van der Waals surface area contributed by atoms with Gasteiger partial charge in [0.15, 0.2) is 0 Å². The number of nitrogens with one attached hydrogen (secondary N) is 1. The predicted molar refractivity (Wildman–Crippen MR) is 108 cm³/mol. The van der Waals surface area contributed by atoms with E-state index in [0.717, 1.165) is 16.3 Å². The van der Waals surface area contributed by atoms with E-state index in [1.807, 2.05) is 78.9 Å². The van der Waals surface area contributed by atoms with Crippen LogP contribution in [0.2, 0.25) is 0 Å². The SMILES string of the molecule is O=C(N[C@H](c1ccccc1)c1c(O)ccc2ccccc12)c1ccccc1. The number of benzene rings is 4. The standard InChI is InChI=1S/C24H19NO2/c26-21-16-15-17-9-7-8-14-20(17)22(21)23(18-10-3-1-4-11-18)25-24(27)19-12-5-2-6-13-19/h1-16,23,26H,(H,25,27)/t23-/m1/s1. The van der Waals surface area contributed by atoms with Crippen LogP contribution in [0.15, 0.2) is 97.1 Å². The number of phenolic OH excluding ortho intramolecular Hbond substituents is 1. The third kappa shape index (κ3) is 3.40. The number of fused-ring (bicyclic) bond motifs is 1. The summed E-state index contributed by atoms with van der Waals surface area (Å²) in [5, 5.41) is 15.7. The summed E-state index contributed by atoms with van der Waals surface area (Å²) in [5.41, 5.74) is 2.19. The summed E-state index contributed by atoms with van der Waals surface area (Å²) in [4.78, 5) is 12.9. The molecule has 0 aromatic heterocycles. The van der Waals surface area contributed by atoms with E-state index < -0.39 is 6.04 Å². The second-order valence-electron chi connectivity index (χ2n) is 6.40. The highest BCUT2D eigenvalue weighted by molar-refractivity contribution is 5.96. The van der Waals surface area contributed by atoms with Crippen molar-refractivity contribution in [3.8, 4) is 5.75 Å². The van der Waals surface area contributed by atoms with Gasteiger partial charge < -0.3 is 10.4 Å². The van der Waals surface area contributed by atoms with Crippen molar-refractivity contribution in [1.29, 1.82) is 0 Å². The van der Waals surface area contributed by atoms with Crippen LogP contribution < -0.4 is 5.32 Å². The number of phenols is 1. The highest BCUT2D eigenvalue weighted by Gasteiger charge is 2.22. The molecule has 1 atom stereocenters. The Kier molecular flexibility index (Phi) is 4.58. The lowest BCUT2D eigenvalue weighted by Gasteiger charge is -2.22. The van der Waals surface area contributed by atoms with Gasteiger partial charge >= 0.3 is 0 Å². The molecule has 0 aliphatic carbocycles. The topological polar surface area (TPSA) is 49.3 Å². The second-order valence-corrected chi connectivity index (χ2v) is 6.40. The second kappa shape index (κ2) is 7.34. The van der Waals surface area contributed by atoms with E-state index in [-0.39, 0.29) is 11.7 Å². The van der Waals surface area contributed by atoms with E-state index in [2.05, 4.69) is 5.32 Å². The van der Waals surface area contributed by atoms with Crippen molar-refractivity contribution in [1.82, 2.24) is 5.32 Å². The normalized spacial score (nSPS) is 11.9. The summed E-state index contributed by atoms with van der Waals surface area (Å²) in [5.74, 6) is -0.0206. The van der Waals surface area contributed by atoms with Gasteiger partial charge in [-0.1, -0.05) is 78.9 Å². The fraction of sp³-hybridized carbons (Fsp3) is 0.0417. The zero-order valence-corrected chi connectivity index (χ0v) is 14.7. The van der Waals surface area contributed by atoms with Crippen molar-refractivity contribution in [3.63, 3.8) is 0 Å². The molecule has 132 valence electrons. The third-order valence-electron chi connectivity index (χ3n) is 4.68. The van der Waals surface area contributed by atoms with Crippen LogP contribution in [0.4, 0.5) is 0 Å². The molecule has 0 fully saturated rings. The molecule has 4 aromatic rings. The molecule has 0 aliphatic heterocycles. The molecule has 4 rings (SSSR count). The highest BCUT2D eigenvalue weighted by atomic mass is 16.3. The quantitative estimate of drug-likeness (QED) is 0.538. The molecule has 0 saturated heterocycles. The van der Waals surface area contributed by atoms with Gasteiger partial charge in [-0.25, -0.2) is 0 Å². The van der Waals surface area contributed by atoms with Crippen molar-refractivity contribution >= 4 is 16.7 Å². The molecule has 1 amide bonds. The van der Waals surface area contributed by atoms with Crippen LogP contribution in [-0.4, -0.2) is 11.0 Å². The zero-order valence-electron chi connectivity index (χ0n) is 14.7. The van der Waals surface area contributed by atoms with E-state index in [9.17, 15) is 9.90 Å². The predicted octanol–water partition coefficient (Wildman–Crippen LogP) is 5.06. The smallest absolute Gasteiger partial charge is 0.252 e. The molecular formula is C24H19NO2. The molecule has 27 heavy (non-hydrogen) atoms. The van der Waals surface area contributed by atoms with Gasteiger partial charge in [0.05, 0.1) is 6.04 Å². The molecule has 0 saturated carbocycles. The molecular weight excluding hydrogens is 334 g/mol. The van der Waals surface area contributed by atoms with Crippen molar-refractivity contribution < 1.29 is 9.90 Å². The van der Waals surface area contributed by atoms with Crippen molar-refractivity contribution in [3.05, 3.63) is 114 Å². The Labute approximate surface area is 157 Å². The van der Waals surface area contributed by atoms with E-state index in [1.165, 1.54) is 0 Å². The highest BCUT2D eigenvalue weighted by Crippen LogP contribution is 2.35. The summed E-state index contributed by atoms with van der Waals surface area (Å²) in [7, 11) is 0. The maximum absolute atomic E-state index is 12.9. The number of aromatic hydroxyl groups is 1. The van der Waals surface area contributed by atoms with Crippen molar-refractivity contribution in [2.45, 2.75) is 6.04 Å². The molecule has 0 heterocycles. The maximum atomic E-state index is 12.9. The Balaban J connectivity index is 1.85. The summed E-state index contributed by atoms with van der Waals surface area (Å²) in [6.45, 7) is 0. The minimum atomic E-state index is -0.468. The lowest BCUT2D eigenvalue weighted by molar-refractivity contribution is 0.0943. The van der Waals surface area contributed by atoms with Crippen LogP contribution in [0.25, 0.3) is 10.8 Å². The van der Waals surface area contributed by atoms with Gasteiger partial charge in [-0.05, 0) is 34.5 Å². The van der Waals surface area contributed by atoms with Crippen LogP contribution in [0.5, 0.6) is 5.75 Å². The van der Waals surface area contributed by atoms with E-state index in [4.69, 9.17) is 0 Å². The fourth-order valence-corrected chi connectivity index (χ4v) is 3.36. The Hall–Kier alpha value is -3.59. The maximum Gasteiger partial charge on any atom is 0.252 e. The van der Waals surface area contributed by atoms with Gasteiger partial charge in [0.1, 0.15) is 5.75 Å². The molecule has 3 nitrogen and oxygen atoms in total. The number of carbonyl (C=O) groups is 1. The van der Waals surface area contributed by atoms with E-state index in [1.54, 1.807) is 18.2 Å². The lowest BCUT2D eigenvalue weighted by Crippen LogP contribution is -2.29. The summed E-state index contributed by atoms with van der Waals surface area (Å²) in [6, 6.07) is 29.8. The van der Waals surface area contributed by atoms with Gasteiger partial charge in [0.2, 0.25) is 0 Å². The van der Waals surface area contributed by atoms with Crippen molar-refractivity contribution in [2.24, 2.45) is 0 Å². The first-order valence-electron chi connectivity index (χ1n) is 8.85. The molecule has 3 heteroatoms. The van der Waals surface area contributed by atoms with E-state index >= 15 is 0 Å². The van der Waals surface area contributed by atoms with Crippen LogP contribution >= 0.6 is 0 Å². The van der Waals surface area contributed by atoms with Crippen LogP contribution in [-0.2, 0) is 0 Å². The van der Waals surface area contributed by atoms with Gasteiger partial charge in [-0.3, -0.25) is 4.79 Å². The van der Waals surface area contributed by atoms with E-state index in [0.29, 0.717) is 11.1 Å². The number of rotatable bonds is 4. The molecule has 0 bridgehead atoms. The molecule has 0 radical (unpaired) electrons. The van der Waals surface area contributed by atoms with Gasteiger partial charge in [0.25, 0.3) is 5.91 Å². The first-order valence-corrected chi connectivity index (χ1v) is 8.85. The first-order chi connectivity index (χ1) is 13.2. The minimum absolute atomic E-state index is 0.163. The third-order valence-corrected chi connectivity index (χ3v) is 4.68. The van der Waals surface area contributed by atoms with Crippen molar-refractivity contribution in [2.75, 3.05) is 0 Å². The minimum Gasteiger partial charge on any atom is -0.508 e. The summed E-state index contributed by atoms with van der Waals surface area (Å²) < 4.78 is 0. The largest absolute Gasteiger partial charge is 0.508 e. The average Bonchev–Trinajstić information content (AvgIpc) is 2.73. The Morgan fingerprint density at radius 2 is 1.37 bits per heavy atom. The monoisotopic (exact) mass is 353 g/mol. The number of hydrogen-bond acceptors (Lipinski definition) is 2. The average molecular weight is 353 g/mol. The van der Waals surface area contributed by atoms with Gasteiger partial charge in [-0.2, -0.15) is 0 Å². The molecule has 2 N–H and O–H groups in total. The molecule has 4 aromatic carbocycles. The molecule has 0 unspecified atom stereocenters. The van der Waals surface area contributed by atoms with Gasteiger partial charge in [0, 0.05) is 11.1 Å². The fourth-order valence-electron chi connectivity index (χ4n) is 3.36. The molecule has 0 aliphatic rings. The van der Waals surface area contributed by atoms with Crippen LogP contribution in [0, 0.1) is 0 Å². The van der Waals surface area contributed by atoms with Crippen LogP contribution in [0.1, 0.15) is 27.5 Å². The summed E-state index contributed by atoms with van der Waals surface area (Å²) >= 11 is 0. The molecule has 0 spiro atoms. The lowest BCUT2D eigenvalue weighted by atomic mass is 9.92. The Bertz CT molecular complexity index is 1080. The van der Waals surface area contributed by atoms with Gasteiger partial charge in [-0.15, -0.1) is 0 Å². The number of hydrogen-bond donors (Lipinski definition) is 2. The first kappa shape index (κ1) is 16.9. The van der Waals surface area contributed by atoms with Crippen LogP contribution in [0.3, 0.4) is 0 Å². The number of amides is 1. The Morgan fingerprint density at radius 3 is 2.11 bits per heavy atom. The summed E-state index contributed by atoms with van der Waals surface area (Å²) in [6.07, 6.45) is 0. The zero-order chi connectivity index (χ0) is 18.6.